The van der Waals surface area contributed by atoms with Gasteiger partial charge in [-0.1, -0.05) is 18.2 Å². The predicted octanol–water partition coefficient (Wildman–Crippen LogP) is 2.08. The number of para-hydroxylation sites is 1. The molecule has 112 valence electrons. The molecule has 0 saturated heterocycles. The predicted molar refractivity (Wildman–Crippen MR) is 82.1 cm³/mol. The van der Waals surface area contributed by atoms with E-state index in [0.29, 0.717) is 19.0 Å². The van der Waals surface area contributed by atoms with Gasteiger partial charge in [0, 0.05) is 18.2 Å². The number of rotatable bonds is 7. The van der Waals surface area contributed by atoms with Crippen molar-refractivity contribution in [3.8, 4) is 5.75 Å². The van der Waals surface area contributed by atoms with Crippen molar-refractivity contribution in [2.45, 2.75) is 39.3 Å². The van der Waals surface area contributed by atoms with Gasteiger partial charge in [-0.3, -0.25) is 4.79 Å². The Hall–Kier alpha value is -1.55. The fraction of sp³-hybridized carbons (Fsp3) is 0.562. The second kappa shape index (κ2) is 7.90. The van der Waals surface area contributed by atoms with Crippen LogP contribution in [0.3, 0.4) is 0 Å². The van der Waals surface area contributed by atoms with E-state index in [4.69, 9.17) is 4.74 Å². The fourth-order valence-electron chi connectivity index (χ4n) is 1.70. The van der Waals surface area contributed by atoms with Crippen molar-refractivity contribution >= 4 is 5.91 Å². The first-order valence-electron chi connectivity index (χ1n) is 7.07. The Balaban J connectivity index is 2.57. The van der Waals surface area contributed by atoms with Crippen LogP contribution in [0.5, 0.6) is 5.75 Å². The molecular formula is C16H26N2O2. The van der Waals surface area contributed by atoms with Crippen molar-refractivity contribution in [1.29, 1.82) is 0 Å². The lowest BCUT2D eigenvalue weighted by Gasteiger charge is -2.20. The highest BCUT2D eigenvalue weighted by Crippen LogP contribution is 2.19. The van der Waals surface area contributed by atoms with Gasteiger partial charge >= 0.3 is 0 Å². The van der Waals surface area contributed by atoms with Crippen molar-refractivity contribution in [2.75, 3.05) is 20.6 Å². The summed E-state index contributed by atoms with van der Waals surface area (Å²) in [6, 6.07) is 8.02. The molecule has 0 aliphatic heterocycles. The number of nitrogens with one attached hydrogen (secondary N) is 1. The van der Waals surface area contributed by atoms with Crippen LogP contribution in [0.15, 0.2) is 24.3 Å². The average Bonchev–Trinajstić information content (AvgIpc) is 2.37. The Morgan fingerprint density at radius 1 is 1.25 bits per heavy atom. The summed E-state index contributed by atoms with van der Waals surface area (Å²) >= 11 is 0. The number of amides is 1. The molecule has 0 aliphatic carbocycles. The summed E-state index contributed by atoms with van der Waals surface area (Å²) in [5.74, 6) is 0.816. The Morgan fingerprint density at radius 2 is 1.90 bits per heavy atom. The lowest BCUT2D eigenvalue weighted by Crippen LogP contribution is -2.38. The number of carbonyl (C=O) groups is 1. The van der Waals surface area contributed by atoms with E-state index < -0.39 is 0 Å². The molecule has 0 saturated carbocycles. The Morgan fingerprint density at radius 3 is 2.50 bits per heavy atom. The maximum absolute atomic E-state index is 12.0. The molecule has 1 N–H and O–H groups in total. The standard InChI is InChI=1S/C16H26N2O2/c1-12(2)20-15-9-7-6-8-14(15)10-16(19)17-11-13(3)18(4)5/h6-9,12-13H,10-11H2,1-5H3,(H,17,19)/t13-/m1/s1. The van der Waals surface area contributed by atoms with Gasteiger partial charge in [-0.25, -0.2) is 0 Å². The molecule has 20 heavy (non-hydrogen) atoms. The quantitative estimate of drug-likeness (QED) is 0.830. The SMILES string of the molecule is CC(C)Oc1ccccc1CC(=O)NC[C@@H](C)N(C)C. The van der Waals surface area contributed by atoms with Crippen LogP contribution in [0.1, 0.15) is 26.3 Å². The van der Waals surface area contributed by atoms with Crippen molar-refractivity contribution in [3.05, 3.63) is 29.8 Å². The van der Waals surface area contributed by atoms with Crippen LogP contribution in [0.2, 0.25) is 0 Å². The van der Waals surface area contributed by atoms with Crippen molar-refractivity contribution in [2.24, 2.45) is 0 Å². The molecular weight excluding hydrogens is 252 g/mol. The molecule has 0 unspecified atom stereocenters. The van der Waals surface area contributed by atoms with E-state index in [1.807, 2.05) is 52.2 Å². The maximum Gasteiger partial charge on any atom is 0.224 e. The number of hydrogen-bond donors (Lipinski definition) is 1. The maximum atomic E-state index is 12.0. The molecule has 1 aromatic carbocycles. The lowest BCUT2D eigenvalue weighted by atomic mass is 10.1. The number of likely N-dealkylation sites (N-methyl/N-ethyl adjacent to an activating group) is 1. The van der Waals surface area contributed by atoms with Crippen molar-refractivity contribution in [1.82, 2.24) is 10.2 Å². The van der Waals surface area contributed by atoms with Crippen LogP contribution in [-0.2, 0) is 11.2 Å². The molecule has 1 atom stereocenters. The fourth-order valence-corrected chi connectivity index (χ4v) is 1.70. The van der Waals surface area contributed by atoms with E-state index in [1.165, 1.54) is 0 Å². The van der Waals surface area contributed by atoms with Crippen molar-refractivity contribution < 1.29 is 9.53 Å². The average molecular weight is 278 g/mol. The highest BCUT2D eigenvalue weighted by molar-refractivity contribution is 5.79. The van der Waals surface area contributed by atoms with E-state index in [9.17, 15) is 4.79 Å². The summed E-state index contributed by atoms with van der Waals surface area (Å²) in [5.41, 5.74) is 0.927. The molecule has 1 aromatic rings. The summed E-state index contributed by atoms with van der Waals surface area (Å²) < 4.78 is 5.72. The topological polar surface area (TPSA) is 41.6 Å². The monoisotopic (exact) mass is 278 g/mol. The zero-order valence-corrected chi connectivity index (χ0v) is 13.1. The summed E-state index contributed by atoms with van der Waals surface area (Å²) in [6.07, 6.45) is 0.455. The first kappa shape index (κ1) is 16.5. The van der Waals surface area contributed by atoms with Crippen molar-refractivity contribution in [3.63, 3.8) is 0 Å². The van der Waals surface area contributed by atoms with Crippen LogP contribution in [0.4, 0.5) is 0 Å². The van der Waals surface area contributed by atoms with Crippen LogP contribution in [-0.4, -0.2) is 43.6 Å². The summed E-state index contributed by atoms with van der Waals surface area (Å²) in [4.78, 5) is 14.1. The van der Waals surface area contributed by atoms with E-state index in [0.717, 1.165) is 11.3 Å². The Kier molecular flexibility index (Phi) is 6.52. The first-order valence-corrected chi connectivity index (χ1v) is 7.07. The molecule has 1 rings (SSSR count). The minimum atomic E-state index is 0.0264. The van der Waals surface area contributed by atoms with Gasteiger partial charge in [-0.05, 0) is 40.9 Å². The normalized spacial score (nSPS) is 12.6. The molecule has 0 heterocycles. The van der Waals surface area contributed by atoms with Gasteiger partial charge in [-0.2, -0.15) is 0 Å². The molecule has 4 heteroatoms. The van der Waals surface area contributed by atoms with Crippen LogP contribution < -0.4 is 10.1 Å². The molecule has 0 radical (unpaired) electrons. The minimum Gasteiger partial charge on any atom is -0.491 e. The molecule has 0 aliphatic rings. The van der Waals surface area contributed by atoms with Gasteiger partial charge < -0.3 is 15.0 Å². The second-order valence-corrected chi connectivity index (χ2v) is 5.57. The summed E-state index contributed by atoms with van der Waals surface area (Å²) in [6.45, 7) is 6.69. The van der Waals surface area contributed by atoms with E-state index in [2.05, 4.69) is 17.1 Å². The Bertz CT molecular complexity index is 430. The largest absolute Gasteiger partial charge is 0.491 e. The van der Waals surface area contributed by atoms with Gasteiger partial charge in [0.1, 0.15) is 5.75 Å². The summed E-state index contributed by atoms with van der Waals surface area (Å²) in [5, 5.41) is 2.96. The molecule has 0 aromatic heterocycles. The van der Waals surface area contributed by atoms with E-state index in [-0.39, 0.29) is 12.0 Å². The smallest absolute Gasteiger partial charge is 0.224 e. The van der Waals surface area contributed by atoms with Gasteiger partial charge in [0.15, 0.2) is 0 Å². The number of nitrogens with zero attached hydrogens (tertiary/aromatic N) is 1. The lowest BCUT2D eigenvalue weighted by molar-refractivity contribution is -0.120. The van der Waals surface area contributed by atoms with Crippen LogP contribution >= 0.6 is 0 Å². The van der Waals surface area contributed by atoms with Crippen LogP contribution in [0, 0.1) is 0 Å². The third kappa shape index (κ3) is 5.61. The second-order valence-electron chi connectivity index (χ2n) is 5.57. The number of carbonyl (C=O) groups excluding carboxylic acids is 1. The molecule has 0 spiro atoms. The highest BCUT2D eigenvalue weighted by atomic mass is 16.5. The van der Waals surface area contributed by atoms with Gasteiger partial charge in [-0.15, -0.1) is 0 Å². The minimum absolute atomic E-state index is 0.0264. The van der Waals surface area contributed by atoms with Gasteiger partial charge in [0.05, 0.1) is 12.5 Å². The number of ether oxygens (including phenoxy) is 1. The molecule has 0 bridgehead atoms. The third-order valence-electron chi connectivity index (χ3n) is 3.16. The molecule has 4 nitrogen and oxygen atoms in total. The number of benzene rings is 1. The summed E-state index contributed by atoms with van der Waals surface area (Å²) in [7, 11) is 4.01. The highest BCUT2D eigenvalue weighted by Gasteiger charge is 2.11. The van der Waals surface area contributed by atoms with Crippen LogP contribution in [0.25, 0.3) is 0 Å². The number of hydrogen-bond acceptors (Lipinski definition) is 3. The van der Waals surface area contributed by atoms with Gasteiger partial charge in [0.25, 0.3) is 0 Å². The zero-order chi connectivity index (χ0) is 15.1. The van der Waals surface area contributed by atoms with Gasteiger partial charge in [0.2, 0.25) is 5.91 Å². The zero-order valence-electron chi connectivity index (χ0n) is 13.1. The molecule has 0 fully saturated rings. The first-order chi connectivity index (χ1) is 9.40. The molecule has 1 amide bonds. The van der Waals surface area contributed by atoms with E-state index in [1.54, 1.807) is 0 Å². The third-order valence-corrected chi connectivity index (χ3v) is 3.16. The Labute approximate surface area is 122 Å². The van der Waals surface area contributed by atoms with E-state index >= 15 is 0 Å².